The normalized spacial score (nSPS) is 17.8. The van der Waals surface area contributed by atoms with Crippen LogP contribution in [0.25, 0.3) is 0 Å². The van der Waals surface area contributed by atoms with Gasteiger partial charge in [0.2, 0.25) is 5.91 Å². The van der Waals surface area contributed by atoms with Crippen molar-refractivity contribution >= 4 is 5.91 Å². The summed E-state index contributed by atoms with van der Waals surface area (Å²) in [5.74, 6) is -0.316. The summed E-state index contributed by atoms with van der Waals surface area (Å²) in [6.07, 6.45) is 1.99. The monoisotopic (exact) mass is 320 g/mol. The van der Waals surface area contributed by atoms with Crippen LogP contribution in [-0.2, 0) is 22.6 Å². The molecule has 1 saturated heterocycles. The third-order valence-electron chi connectivity index (χ3n) is 3.94. The van der Waals surface area contributed by atoms with Crippen LogP contribution in [-0.4, -0.2) is 45.7 Å². The number of hydrogen-bond acceptors (Lipinski definition) is 5. The lowest BCUT2D eigenvalue weighted by molar-refractivity contribution is -0.139. The molecule has 0 saturated carbocycles. The number of ether oxygens (including phenoxy) is 1. The molecule has 0 N–H and O–H groups in total. The number of rotatable bonds is 4. The maximum Gasteiger partial charge on any atom is 0.331 e. The van der Waals surface area contributed by atoms with Crippen LogP contribution in [0.4, 0.5) is 0 Å². The SMILES string of the molecule is CCC1CN(C(=O)Cn2c(=O)c(C#N)cn(CC)c2=O)CCO1. The summed E-state index contributed by atoms with van der Waals surface area (Å²) in [7, 11) is 0. The summed E-state index contributed by atoms with van der Waals surface area (Å²) in [6.45, 7) is 4.98. The number of carbonyl (C=O) groups excluding carboxylic acids is 1. The highest BCUT2D eigenvalue weighted by Crippen LogP contribution is 2.08. The van der Waals surface area contributed by atoms with Gasteiger partial charge >= 0.3 is 5.69 Å². The zero-order valence-corrected chi connectivity index (χ0v) is 13.3. The van der Waals surface area contributed by atoms with Crippen molar-refractivity contribution in [2.24, 2.45) is 0 Å². The van der Waals surface area contributed by atoms with Gasteiger partial charge in [-0.25, -0.2) is 9.36 Å². The number of nitrogens with zero attached hydrogens (tertiary/aromatic N) is 4. The Morgan fingerprint density at radius 1 is 1.43 bits per heavy atom. The highest BCUT2D eigenvalue weighted by Gasteiger charge is 2.24. The minimum atomic E-state index is -0.726. The lowest BCUT2D eigenvalue weighted by Crippen LogP contribution is -2.49. The molecular formula is C15H20N4O4. The molecule has 0 aromatic carbocycles. The molecule has 0 radical (unpaired) electrons. The molecule has 0 bridgehead atoms. The average Bonchev–Trinajstić information content (AvgIpc) is 2.58. The van der Waals surface area contributed by atoms with Crippen molar-refractivity contribution in [2.45, 2.75) is 39.5 Å². The van der Waals surface area contributed by atoms with Crippen molar-refractivity contribution in [3.8, 4) is 6.07 Å². The van der Waals surface area contributed by atoms with E-state index < -0.39 is 11.2 Å². The molecule has 124 valence electrons. The van der Waals surface area contributed by atoms with Crippen molar-refractivity contribution in [1.29, 1.82) is 5.26 Å². The van der Waals surface area contributed by atoms with E-state index in [0.717, 1.165) is 11.0 Å². The number of carbonyl (C=O) groups is 1. The second-order valence-corrected chi connectivity index (χ2v) is 5.36. The molecule has 1 aromatic rings. The van der Waals surface area contributed by atoms with Gasteiger partial charge in [-0.2, -0.15) is 5.26 Å². The number of aryl methyl sites for hydroxylation is 1. The molecule has 8 heteroatoms. The van der Waals surface area contributed by atoms with E-state index in [4.69, 9.17) is 10.00 Å². The highest BCUT2D eigenvalue weighted by molar-refractivity contribution is 5.76. The van der Waals surface area contributed by atoms with E-state index in [1.54, 1.807) is 17.9 Å². The van der Waals surface area contributed by atoms with E-state index in [2.05, 4.69) is 0 Å². The van der Waals surface area contributed by atoms with Crippen LogP contribution in [0.15, 0.2) is 15.8 Å². The Labute approximate surface area is 133 Å². The number of aromatic nitrogens is 2. The summed E-state index contributed by atoms with van der Waals surface area (Å²) in [5, 5.41) is 9.01. The van der Waals surface area contributed by atoms with Gasteiger partial charge in [0.15, 0.2) is 0 Å². The van der Waals surface area contributed by atoms with Crippen molar-refractivity contribution in [3.05, 3.63) is 32.6 Å². The van der Waals surface area contributed by atoms with Gasteiger partial charge in [-0.15, -0.1) is 0 Å². The van der Waals surface area contributed by atoms with Gasteiger partial charge in [-0.1, -0.05) is 6.92 Å². The maximum absolute atomic E-state index is 12.4. The molecule has 1 aromatic heterocycles. The Morgan fingerprint density at radius 3 is 2.78 bits per heavy atom. The summed E-state index contributed by atoms with van der Waals surface area (Å²) >= 11 is 0. The lowest BCUT2D eigenvalue weighted by Gasteiger charge is -2.32. The largest absolute Gasteiger partial charge is 0.375 e. The van der Waals surface area contributed by atoms with Gasteiger partial charge in [0, 0.05) is 25.8 Å². The van der Waals surface area contributed by atoms with Gasteiger partial charge in [0.1, 0.15) is 18.2 Å². The van der Waals surface area contributed by atoms with E-state index in [1.165, 1.54) is 10.8 Å². The van der Waals surface area contributed by atoms with Gasteiger partial charge < -0.3 is 9.64 Å². The summed E-state index contributed by atoms with van der Waals surface area (Å²) < 4.78 is 7.59. The molecular weight excluding hydrogens is 300 g/mol. The van der Waals surface area contributed by atoms with Crippen LogP contribution in [0.3, 0.4) is 0 Å². The van der Waals surface area contributed by atoms with Crippen LogP contribution < -0.4 is 11.2 Å². The summed E-state index contributed by atoms with van der Waals surface area (Å²) in [6, 6.07) is 1.77. The van der Waals surface area contributed by atoms with Gasteiger partial charge in [0.25, 0.3) is 5.56 Å². The predicted octanol–water partition coefficient (Wildman–Crippen LogP) is -0.461. The fourth-order valence-corrected chi connectivity index (χ4v) is 2.52. The third kappa shape index (κ3) is 3.51. The van der Waals surface area contributed by atoms with E-state index in [9.17, 15) is 14.4 Å². The second kappa shape index (κ2) is 7.24. The van der Waals surface area contributed by atoms with E-state index >= 15 is 0 Å². The van der Waals surface area contributed by atoms with E-state index in [1.807, 2.05) is 6.92 Å². The standard InChI is InChI=1S/C15H20N4O4/c1-3-12-9-18(5-6-23-12)13(20)10-19-14(21)11(7-16)8-17(4-2)15(19)22/h8,12H,3-6,9-10H2,1-2H3. The summed E-state index contributed by atoms with van der Waals surface area (Å²) in [5.41, 5.74) is -1.45. The Hall–Kier alpha value is -2.40. The Morgan fingerprint density at radius 2 is 2.17 bits per heavy atom. The topological polar surface area (TPSA) is 97.3 Å². The lowest BCUT2D eigenvalue weighted by atomic mass is 10.2. The minimum Gasteiger partial charge on any atom is -0.375 e. The fraction of sp³-hybridized carbons (Fsp3) is 0.600. The average molecular weight is 320 g/mol. The van der Waals surface area contributed by atoms with Crippen molar-refractivity contribution in [3.63, 3.8) is 0 Å². The molecule has 1 aliphatic heterocycles. The molecule has 1 amide bonds. The Bertz CT molecular complexity index is 743. The number of nitriles is 1. The number of amides is 1. The van der Waals surface area contributed by atoms with Crippen molar-refractivity contribution in [1.82, 2.24) is 14.0 Å². The summed E-state index contributed by atoms with van der Waals surface area (Å²) in [4.78, 5) is 38.4. The van der Waals surface area contributed by atoms with Crippen molar-refractivity contribution < 1.29 is 9.53 Å². The first kappa shape index (κ1) is 17.0. The molecule has 1 fully saturated rings. The van der Waals surface area contributed by atoms with Crippen LogP contribution in [0.5, 0.6) is 0 Å². The zero-order valence-electron chi connectivity index (χ0n) is 13.3. The van der Waals surface area contributed by atoms with E-state index in [0.29, 0.717) is 26.2 Å². The molecule has 8 nitrogen and oxygen atoms in total. The molecule has 2 rings (SSSR count). The van der Waals surface area contributed by atoms with Crippen LogP contribution >= 0.6 is 0 Å². The van der Waals surface area contributed by atoms with Gasteiger partial charge in [-0.3, -0.25) is 14.2 Å². The van der Waals surface area contributed by atoms with Gasteiger partial charge in [-0.05, 0) is 13.3 Å². The maximum atomic E-state index is 12.4. The quantitative estimate of drug-likeness (QED) is 0.748. The first-order valence-corrected chi connectivity index (χ1v) is 7.65. The molecule has 1 aliphatic rings. The van der Waals surface area contributed by atoms with Crippen LogP contribution in [0.1, 0.15) is 25.8 Å². The molecule has 0 spiro atoms. The number of morpholine rings is 1. The molecule has 1 unspecified atom stereocenters. The molecule has 2 heterocycles. The fourth-order valence-electron chi connectivity index (χ4n) is 2.52. The highest BCUT2D eigenvalue weighted by atomic mass is 16.5. The predicted molar refractivity (Wildman–Crippen MR) is 82.0 cm³/mol. The van der Waals surface area contributed by atoms with Gasteiger partial charge in [0.05, 0.1) is 12.7 Å². The first-order chi connectivity index (χ1) is 11.0. The zero-order chi connectivity index (χ0) is 17.0. The molecule has 23 heavy (non-hydrogen) atoms. The Balaban J connectivity index is 2.29. The molecule has 0 aliphatic carbocycles. The minimum absolute atomic E-state index is 0.0258. The first-order valence-electron chi connectivity index (χ1n) is 7.65. The Kier molecular flexibility index (Phi) is 5.34. The van der Waals surface area contributed by atoms with Crippen LogP contribution in [0.2, 0.25) is 0 Å². The molecule has 1 atom stereocenters. The van der Waals surface area contributed by atoms with Crippen molar-refractivity contribution in [2.75, 3.05) is 19.7 Å². The van der Waals surface area contributed by atoms with Crippen LogP contribution in [0, 0.1) is 11.3 Å². The van der Waals surface area contributed by atoms with E-state index in [-0.39, 0.29) is 24.1 Å². The second-order valence-electron chi connectivity index (χ2n) is 5.36. The third-order valence-corrected chi connectivity index (χ3v) is 3.94. The number of hydrogen-bond donors (Lipinski definition) is 0. The smallest absolute Gasteiger partial charge is 0.331 e.